The molecule has 0 aromatic heterocycles. The molecule has 4 amide bonds. The van der Waals surface area contributed by atoms with Crippen molar-refractivity contribution in [2.24, 2.45) is 0 Å². The van der Waals surface area contributed by atoms with E-state index in [-0.39, 0.29) is 12.2 Å². The molecule has 1 heterocycles. The minimum atomic E-state index is -0.790. The van der Waals surface area contributed by atoms with Gasteiger partial charge in [-0.3, -0.25) is 14.9 Å². The Morgan fingerprint density at radius 2 is 1.94 bits per heavy atom. The maximum atomic E-state index is 13.1. The van der Waals surface area contributed by atoms with E-state index in [1.165, 1.54) is 6.08 Å². The third-order valence-electron chi connectivity index (χ3n) is 4.35. The maximum Gasteiger partial charge on any atom is 0.335 e. The van der Waals surface area contributed by atoms with Gasteiger partial charge in [0.2, 0.25) is 0 Å². The molecule has 31 heavy (non-hydrogen) atoms. The first-order valence-electron chi connectivity index (χ1n) is 9.53. The number of halogens is 1. The Hall–Kier alpha value is -3.39. The lowest BCUT2D eigenvalue weighted by Crippen LogP contribution is -2.54. The summed E-state index contributed by atoms with van der Waals surface area (Å²) in [6.07, 6.45) is 3.03. The molecule has 160 valence electrons. The fourth-order valence-electron chi connectivity index (χ4n) is 3.04. The van der Waals surface area contributed by atoms with Crippen LogP contribution in [0.4, 0.5) is 10.5 Å². The van der Waals surface area contributed by atoms with Crippen LogP contribution in [0.3, 0.4) is 0 Å². The van der Waals surface area contributed by atoms with E-state index in [0.29, 0.717) is 33.8 Å². The molecule has 7 nitrogen and oxygen atoms in total. The molecule has 0 unspecified atom stereocenters. The van der Waals surface area contributed by atoms with Gasteiger partial charge in [-0.2, -0.15) is 0 Å². The highest BCUT2D eigenvalue weighted by atomic mass is 79.9. The van der Waals surface area contributed by atoms with Gasteiger partial charge in [-0.25, -0.2) is 9.69 Å². The van der Waals surface area contributed by atoms with Gasteiger partial charge in [0.15, 0.2) is 11.5 Å². The fourth-order valence-corrected chi connectivity index (χ4v) is 3.62. The molecule has 2 aromatic rings. The minimum Gasteiger partial charge on any atom is -0.490 e. The highest BCUT2D eigenvalue weighted by molar-refractivity contribution is 9.10. The summed E-state index contributed by atoms with van der Waals surface area (Å²) in [5, 5.41) is 2.22. The summed E-state index contributed by atoms with van der Waals surface area (Å²) in [5.41, 5.74) is 1.61. The summed E-state index contributed by atoms with van der Waals surface area (Å²) < 4.78 is 11.9. The second-order valence-corrected chi connectivity index (χ2v) is 7.51. The Balaban J connectivity index is 2.03. The van der Waals surface area contributed by atoms with Crippen LogP contribution in [-0.2, 0) is 9.59 Å². The topological polar surface area (TPSA) is 84.9 Å². The van der Waals surface area contributed by atoms with Crippen LogP contribution in [-0.4, -0.2) is 31.1 Å². The van der Waals surface area contributed by atoms with Gasteiger partial charge in [-0.05, 0) is 71.2 Å². The number of benzene rings is 2. The van der Waals surface area contributed by atoms with E-state index in [1.807, 2.05) is 19.9 Å². The first-order valence-corrected chi connectivity index (χ1v) is 10.3. The Bertz CT molecular complexity index is 1090. The number of carbonyl (C=O) groups is 3. The Morgan fingerprint density at radius 3 is 2.61 bits per heavy atom. The number of nitrogens with zero attached hydrogens (tertiary/aromatic N) is 1. The zero-order valence-corrected chi connectivity index (χ0v) is 18.7. The summed E-state index contributed by atoms with van der Waals surface area (Å²) >= 11 is 3.44. The van der Waals surface area contributed by atoms with Gasteiger partial charge in [0, 0.05) is 0 Å². The van der Waals surface area contributed by atoms with E-state index in [1.54, 1.807) is 36.4 Å². The monoisotopic (exact) mass is 484 g/mol. The first kappa shape index (κ1) is 22.3. The summed E-state index contributed by atoms with van der Waals surface area (Å²) in [4.78, 5) is 38.8. The Kier molecular flexibility index (Phi) is 6.91. The van der Waals surface area contributed by atoms with E-state index >= 15 is 0 Å². The number of hydrogen-bond acceptors (Lipinski definition) is 5. The van der Waals surface area contributed by atoms with Gasteiger partial charge in [-0.1, -0.05) is 24.8 Å². The maximum absolute atomic E-state index is 13.1. The molecular formula is C23H21BrN2O5. The van der Waals surface area contributed by atoms with Crippen LogP contribution in [0.2, 0.25) is 0 Å². The van der Waals surface area contributed by atoms with Crippen molar-refractivity contribution in [1.82, 2.24) is 5.32 Å². The summed E-state index contributed by atoms with van der Waals surface area (Å²) in [6, 6.07) is 9.48. The lowest BCUT2D eigenvalue weighted by Gasteiger charge is -2.26. The highest BCUT2D eigenvalue weighted by Gasteiger charge is 2.36. The predicted octanol–water partition coefficient (Wildman–Crippen LogP) is 4.39. The zero-order valence-electron chi connectivity index (χ0n) is 17.1. The smallest absolute Gasteiger partial charge is 0.335 e. The number of rotatable bonds is 7. The molecule has 0 aliphatic carbocycles. The van der Waals surface area contributed by atoms with E-state index < -0.39 is 17.8 Å². The molecule has 3 rings (SSSR count). The average Bonchev–Trinajstić information content (AvgIpc) is 2.71. The molecule has 1 fully saturated rings. The normalized spacial score (nSPS) is 15.1. The van der Waals surface area contributed by atoms with Gasteiger partial charge in [0.1, 0.15) is 12.2 Å². The average molecular weight is 485 g/mol. The molecule has 1 N–H and O–H groups in total. The van der Waals surface area contributed by atoms with E-state index in [2.05, 4.69) is 27.8 Å². The van der Waals surface area contributed by atoms with Crippen LogP contribution in [0.5, 0.6) is 11.5 Å². The van der Waals surface area contributed by atoms with Crippen molar-refractivity contribution < 1.29 is 23.9 Å². The fraction of sp³-hybridized carbons (Fsp3) is 0.174. The predicted molar refractivity (Wildman–Crippen MR) is 121 cm³/mol. The number of urea groups is 1. The molecule has 0 bridgehead atoms. The van der Waals surface area contributed by atoms with E-state index in [0.717, 1.165) is 10.5 Å². The van der Waals surface area contributed by atoms with Crippen molar-refractivity contribution in [1.29, 1.82) is 0 Å². The van der Waals surface area contributed by atoms with Crippen molar-refractivity contribution >= 4 is 45.5 Å². The lowest BCUT2D eigenvalue weighted by molar-refractivity contribution is -0.122. The van der Waals surface area contributed by atoms with E-state index in [4.69, 9.17) is 9.47 Å². The number of anilines is 1. The molecule has 0 saturated carbocycles. The summed E-state index contributed by atoms with van der Waals surface area (Å²) in [7, 11) is 0. The summed E-state index contributed by atoms with van der Waals surface area (Å²) in [5.74, 6) is -0.541. The van der Waals surface area contributed by atoms with Crippen LogP contribution >= 0.6 is 15.9 Å². The number of ether oxygens (including phenoxy) is 2. The summed E-state index contributed by atoms with van der Waals surface area (Å²) in [6.45, 7) is 7.99. The molecular weight excluding hydrogens is 464 g/mol. The quantitative estimate of drug-likeness (QED) is 0.357. The molecule has 2 aromatic carbocycles. The molecule has 1 saturated heterocycles. The van der Waals surface area contributed by atoms with Crippen molar-refractivity contribution in [2.75, 3.05) is 18.1 Å². The minimum absolute atomic E-state index is 0.171. The SMILES string of the molecule is C=CCOc1c(Br)cc(/C=C2\C(=O)NC(=O)N(c3cccc(C)c3)C2=O)cc1OCC. The van der Waals surface area contributed by atoms with Crippen molar-refractivity contribution in [3.8, 4) is 11.5 Å². The number of aryl methyl sites for hydroxylation is 1. The molecule has 8 heteroatoms. The molecule has 0 radical (unpaired) electrons. The van der Waals surface area contributed by atoms with Gasteiger partial charge >= 0.3 is 6.03 Å². The third-order valence-corrected chi connectivity index (χ3v) is 4.94. The Morgan fingerprint density at radius 1 is 1.16 bits per heavy atom. The molecule has 1 aliphatic rings. The van der Waals surface area contributed by atoms with Crippen LogP contribution in [0.25, 0.3) is 6.08 Å². The largest absolute Gasteiger partial charge is 0.490 e. The number of imide groups is 2. The number of carbonyl (C=O) groups excluding carboxylic acids is 3. The lowest BCUT2D eigenvalue weighted by atomic mass is 10.1. The number of barbiturate groups is 1. The standard InChI is InChI=1S/C23H21BrN2O5/c1-4-9-31-20-18(24)12-15(13-19(20)30-5-2)11-17-21(27)25-23(29)26(22(17)28)16-8-6-7-14(3)10-16/h4,6-8,10-13H,1,5,9H2,2-3H3,(H,25,27,29)/b17-11+. The van der Waals surface area contributed by atoms with E-state index in [9.17, 15) is 14.4 Å². The van der Waals surface area contributed by atoms with Crippen LogP contribution < -0.4 is 19.7 Å². The second-order valence-electron chi connectivity index (χ2n) is 6.66. The van der Waals surface area contributed by atoms with Gasteiger partial charge < -0.3 is 9.47 Å². The number of hydrogen-bond donors (Lipinski definition) is 1. The first-order chi connectivity index (χ1) is 14.8. The Labute approximate surface area is 188 Å². The van der Waals surface area contributed by atoms with Crippen molar-refractivity contribution in [3.05, 3.63) is 70.2 Å². The van der Waals surface area contributed by atoms with Crippen molar-refractivity contribution in [2.45, 2.75) is 13.8 Å². The molecule has 0 atom stereocenters. The number of nitrogens with one attached hydrogen (secondary N) is 1. The van der Waals surface area contributed by atoms with Gasteiger partial charge in [0.05, 0.1) is 16.8 Å². The highest BCUT2D eigenvalue weighted by Crippen LogP contribution is 2.38. The van der Waals surface area contributed by atoms with Crippen LogP contribution in [0, 0.1) is 6.92 Å². The zero-order chi connectivity index (χ0) is 22.5. The van der Waals surface area contributed by atoms with Crippen molar-refractivity contribution in [3.63, 3.8) is 0 Å². The molecule has 1 aliphatic heterocycles. The number of amides is 4. The molecule has 0 spiro atoms. The van der Waals surface area contributed by atoms with Gasteiger partial charge in [-0.15, -0.1) is 0 Å². The second kappa shape index (κ2) is 9.61. The third kappa shape index (κ3) is 4.86. The van der Waals surface area contributed by atoms with Gasteiger partial charge in [0.25, 0.3) is 11.8 Å². The van der Waals surface area contributed by atoms with Crippen LogP contribution in [0.15, 0.2) is 59.1 Å². The van der Waals surface area contributed by atoms with Crippen LogP contribution in [0.1, 0.15) is 18.1 Å².